The highest BCUT2D eigenvalue weighted by atomic mass is 16.2. The standard InChI is InChI=1S/C14H16N4O/c15-12-3-1-2-10(6-12)9-18(13-4-5-13)14(19)11-7-16-17-8-11/h1-3,6-8,13H,4-5,9,15H2,(H,16,17). The zero-order valence-corrected chi connectivity index (χ0v) is 10.5. The SMILES string of the molecule is Nc1cccc(CN(C(=O)c2cn[nH]c2)C2CC2)c1. The Morgan fingerprint density at radius 1 is 1.47 bits per heavy atom. The predicted molar refractivity (Wildman–Crippen MR) is 72.3 cm³/mol. The molecule has 0 unspecified atom stereocenters. The largest absolute Gasteiger partial charge is 0.399 e. The molecule has 1 saturated carbocycles. The molecular weight excluding hydrogens is 240 g/mol. The van der Waals surface area contributed by atoms with E-state index < -0.39 is 0 Å². The Bertz CT molecular complexity index is 575. The third kappa shape index (κ3) is 2.59. The van der Waals surface area contributed by atoms with Gasteiger partial charge in [-0.15, -0.1) is 0 Å². The number of carbonyl (C=O) groups is 1. The molecule has 5 nitrogen and oxygen atoms in total. The molecule has 0 spiro atoms. The average Bonchev–Trinajstić information content (AvgIpc) is 3.09. The van der Waals surface area contributed by atoms with Crippen molar-refractivity contribution in [2.24, 2.45) is 0 Å². The van der Waals surface area contributed by atoms with E-state index in [1.54, 1.807) is 12.4 Å². The molecule has 0 aliphatic heterocycles. The van der Waals surface area contributed by atoms with Gasteiger partial charge >= 0.3 is 0 Å². The molecule has 2 aromatic rings. The molecule has 0 radical (unpaired) electrons. The van der Waals surface area contributed by atoms with Crippen LogP contribution in [-0.2, 0) is 6.54 Å². The van der Waals surface area contributed by atoms with Gasteiger partial charge in [-0.2, -0.15) is 5.10 Å². The number of amides is 1. The number of carbonyl (C=O) groups excluding carboxylic acids is 1. The molecule has 1 aromatic heterocycles. The Balaban J connectivity index is 1.80. The van der Waals surface area contributed by atoms with Crippen molar-refractivity contribution in [1.82, 2.24) is 15.1 Å². The molecule has 5 heteroatoms. The maximum Gasteiger partial charge on any atom is 0.257 e. The van der Waals surface area contributed by atoms with Crippen LogP contribution in [0.2, 0.25) is 0 Å². The normalized spacial score (nSPS) is 14.3. The minimum atomic E-state index is 0.0266. The zero-order valence-electron chi connectivity index (χ0n) is 10.5. The van der Waals surface area contributed by atoms with Crippen molar-refractivity contribution >= 4 is 11.6 Å². The molecule has 0 saturated heterocycles. The van der Waals surface area contributed by atoms with Crippen LogP contribution < -0.4 is 5.73 Å². The molecule has 1 aliphatic carbocycles. The first-order chi connectivity index (χ1) is 9.24. The van der Waals surface area contributed by atoms with E-state index >= 15 is 0 Å². The average molecular weight is 256 g/mol. The van der Waals surface area contributed by atoms with E-state index in [1.807, 2.05) is 29.2 Å². The second kappa shape index (κ2) is 4.76. The van der Waals surface area contributed by atoms with Crippen molar-refractivity contribution < 1.29 is 4.79 Å². The Morgan fingerprint density at radius 3 is 2.95 bits per heavy atom. The summed E-state index contributed by atoms with van der Waals surface area (Å²) in [4.78, 5) is 14.3. The number of aromatic amines is 1. The Kier molecular flexibility index (Phi) is 2.95. The van der Waals surface area contributed by atoms with Gasteiger partial charge in [0.15, 0.2) is 0 Å². The molecule has 1 fully saturated rings. The summed E-state index contributed by atoms with van der Waals surface area (Å²) in [5.74, 6) is 0.0266. The third-order valence-corrected chi connectivity index (χ3v) is 3.30. The fourth-order valence-electron chi connectivity index (χ4n) is 2.17. The van der Waals surface area contributed by atoms with E-state index in [2.05, 4.69) is 10.2 Å². The molecule has 1 aromatic carbocycles. The molecule has 0 bridgehead atoms. The lowest BCUT2D eigenvalue weighted by Crippen LogP contribution is -2.32. The molecular formula is C14H16N4O. The number of hydrogen-bond donors (Lipinski definition) is 2. The second-order valence-corrected chi connectivity index (χ2v) is 4.90. The van der Waals surface area contributed by atoms with Gasteiger partial charge in [-0.25, -0.2) is 0 Å². The number of aromatic nitrogens is 2. The predicted octanol–water partition coefficient (Wildman–Crippen LogP) is 1.80. The monoisotopic (exact) mass is 256 g/mol. The minimum absolute atomic E-state index is 0.0266. The van der Waals surface area contributed by atoms with E-state index in [0.717, 1.165) is 24.1 Å². The van der Waals surface area contributed by atoms with Gasteiger partial charge in [0.25, 0.3) is 5.91 Å². The number of H-pyrrole nitrogens is 1. The van der Waals surface area contributed by atoms with E-state index in [0.29, 0.717) is 18.2 Å². The molecule has 98 valence electrons. The number of nitrogen functional groups attached to an aromatic ring is 1. The molecule has 3 rings (SSSR count). The number of benzene rings is 1. The van der Waals surface area contributed by atoms with Crippen molar-refractivity contribution in [3.8, 4) is 0 Å². The van der Waals surface area contributed by atoms with Gasteiger partial charge in [0.2, 0.25) is 0 Å². The number of rotatable bonds is 4. The van der Waals surface area contributed by atoms with E-state index in [9.17, 15) is 4.79 Å². The number of nitrogens with two attached hydrogens (primary N) is 1. The van der Waals surface area contributed by atoms with Crippen LogP contribution in [0.3, 0.4) is 0 Å². The number of nitrogens with one attached hydrogen (secondary N) is 1. The summed E-state index contributed by atoms with van der Waals surface area (Å²) in [6.45, 7) is 0.597. The highest BCUT2D eigenvalue weighted by Gasteiger charge is 2.33. The van der Waals surface area contributed by atoms with Crippen LogP contribution in [0.25, 0.3) is 0 Å². The lowest BCUT2D eigenvalue weighted by Gasteiger charge is -2.22. The number of nitrogens with zero attached hydrogens (tertiary/aromatic N) is 2. The Morgan fingerprint density at radius 2 is 2.32 bits per heavy atom. The fourth-order valence-corrected chi connectivity index (χ4v) is 2.17. The first-order valence-corrected chi connectivity index (χ1v) is 6.38. The van der Waals surface area contributed by atoms with Crippen LogP contribution in [0.15, 0.2) is 36.7 Å². The minimum Gasteiger partial charge on any atom is -0.399 e. The second-order valence-electron chi connectivity index (χ2n) is 4.90. The Hall–Kier alpha value is -2.30. The summed E-state index contributed by atoms with van der Waals surface area (Å²) in [6, 6.07) is 8.02. The lowest BCUT2D eigenvalue weighted by atomic mass is 10.1. The highest BCUT2D eigenvalue weighted by molar-refractivity contribution is 5.94. The molecule has 1 amide bonds. The van der Waals surface area contributed by atoms with Crippen molar-refractivity contribution in [2.75, 3.05) is 5.73 Å². The Labute approximate surface area is 111 Å². The number of hydrogen-bond acceptors (Lipinski definition) is 3. The van der Waals surface area contributed by atoms with Gasteiger partial charge in [0.1, 0.15) is 0 Å². The van der Waals surface area contributed by atoms with Gasteiger partial charge in [-0.1, -0.05) is 12.1 Å². The van der Waals surface area contributed by atoms with E-state index in [4.69, 9.17) is 5.73 Å². The first kappa shape index (κ1) is 11.8. The molecule has 0 atom stereocenters. The van der Waals surface area contributed by atoms with Gasteiger partial charge in [0.05, 0.1) is 11.8 Å². The summed E-state index contributed by atoms with van der Waals surface area (Å²) in [5, 5.41) is 6.51. The van der Waals surface area contributed by atoms with Crippen LogP contribution in [-0.4, -0.2) is 27.0 Å². The topological polar surface area (TPSA) is 75.0 Å². The molecule has 19 heavy (non-hydrogen) atoms. The third-order valence-electron chi connectivity index (χ3n) is 3.30. The van der Waals surface area contributed by atoms with Crippen LogP contribution in [0.4, 0.5) is 5.69 Å². The van der Waals surface area contributed by atoms with E-state index in [-0.39, 0.29) is 5.91 Å². The summed E-state index contributed by atoms with van der Waals surface area (Å²) in [6.07, 6.45) is 5.35. The summed E-state index contributed by atoms with van der Waals surface area (Å²) >= 11 is 0. The molecule has 3 N–H and O–H groups in total. The van der Waals surface area contributed by atoms with Crippen molar-refractivity contribution in [1.29, 1.82) is 0 Å². The summed E-state index contributed by atoms with van der Waals surface area (Å²) in [5.41, 5.74) is 8.17. The van der Waals surface area contributed by atoms with Gasteiger partial charge in [-0.3, -0.25) is 9.89 Å². The fraction of sp³-hybridized carbons (Fsp3) is 0.286. The molecule has 1 heterocycles. The lowest BCUT2D eigenvalue weighted by molar-refractivity contribution is 0.0730. The molecule has 1 aliphatic rings. The van der Waals surface area contributed by atoms with Crippen molar-refractivity contribution in [3.63, 3.8) is 0 Å². The van der Waals surface area contributed by atoms with Gasteiger partial charge in [0, 0.05) is 24.5 Å². The number of anilines is 1. The van der Waals surface area contributed by atoms with E-state index in [1.165, 1.54) is 0 Å². The van der Waals surface area contributed by atoms with Crippen molar-refractivity contribution in [2.45, 2.75) is 25.4 Å². The van der Waals surface area contributed by atoms with Crippen LogP contribution in [0.5, 0.6) is 0 Å². The quantitative estimate of drug-likeness (QED) is 0.819. The smallest absolute Gasteiger partial charge is 0.257 e. The summed E-state index contributed by atoms with van der Waals surface area (Å²) < 4.78 is 0. The van der Waals surface area contributed by atoms with Crippen LogP contribution in [0, 0.1) is 0 Å². The van der Waals surface area contributed by atoms with Crippen LogP contribution in [0.1, 0.15) is 28.8 Å². The maximum absolute atomic E-state index is 12.4. The first-order valence-electron chi connectivity index (χ1n) is 6.38. The van der Waals surface area contributed by atoms with Crippen LogP contribution >= 0.6 is 0 Å². The summed E-state index contributed by atoms with van der Waals surface area (Å²) in [7, 11) is 0. The zero-order chi connectivity index (χ0) is 13.2. The van der Waals surface area contributed by atoms with Gasteiger partial charge < -0.3 is 10.6 Å². The van der Waals surface area contributed by atoms with Crippen molar-refractivity contribution in [3.05, 3.63) is 47.8 Å². The van der Waals surface area contributed by atoms with Gasteiger partial charge in [-0.05, 0) is 30.5 Å². The highest BCUT2D eigenvalue weighted by Crippen LogP contribution is 2.29. The maximum atomic E-state index is 12.4.